The van der Waals surface area contributed by atoms with Crippen LogP contribution in [0.1, 0.15) is 27.9 Å². The summed E-state index contributed by atoms with van der Waals surface area (Å²) in [6, 6.07) is 9.16. The lowest BCUT2D eigenvalue weighted by Gasteiger charge is -2.06. The molecule has 2 nitrogen and oxygen atoms in total. The minimum atomic E-state index is 0.511. The Morgan fingerprint density at radius 1 is 1.39 bits per heavy atom. The highest BCUT2D eigenvalue weighted by Gasteiger charge is 2.06. The molecule has 0 radical (unpaired) electrons. The Hall–Kier alpha value is -1.19. The summed E-state index contributed by atoms with van der Waals surface area (Å²) in [5.74, 6) is 0. The van der Waals surface area contributed by atoms with Crippen molar-refractivity contribution in [3.63, 3.8) is 0 Å². The molecule has 1 aromatic heterocycles. The molecular formula is C15H20N2S. The van der Waals surface area contributed by atoms with Crippen molar-refractivity contribution in [3.8, 4) is 0 Å². The number of aryl methyl sites for hydroxylation is 1. The zero-order valence-corrected chi connectivity index (χ0v) is 12.1. The van der Waals surface area contributed by atoms with E-state index in [4.69, 9.17) is 0 Å². The lowest BCUT2D eigenvalue weighted by Crippen LogP contribution is -2.22. The van der Waals surface area contributed by atoms with Crippen LogP contribution in [0, 0.1) is 6.92 Å². The van der Waals surface area contributed by atoms with Gasteiger partial charge in [-0.15, -0.1) is 11.3 Å². The molecule has 2 rings (SSSR count). The minimum Gasteiger partial charge on any atom is -0.317 e. The molecule has 0 saturated carbocycles. The summed E-state index contributed by atoms with van der Waals surface area (Å²) in [5.41, 5.74) is 2.66. The molecule has 0 aliphatic heterocycles. The first-order chi connectivity index (χ1) is 8.67. The van der Waals surface area contributed by atoms with E-state index in [1.807, 2.05) is 24.6 Å². The van der Waals surface area contributed by atoms with Gasteiger partial charge in [0.25, 0.3) is 0 Å². The number of nitrogens with one attached hydrogen (secondary N) is 1. The molecule has 18 heavy (non-hydrogen) atoms. The third-order valence-corrected chi connectivity index (χ3v) is 4.06. The van der Waals surface area contributed by atoms with Crippen molar-refractivity contribution in [2.75, 3.05) is 7.05 Å². The number of hydrogen-bond acceptors (Lipinski definition) is 3. The van der Waals surface area contributed by atoms with E-state index in [0.29, 0.717) is 6.04 Å². The van der Waals surface area contributed by atoms with E-state index in [2.05, 4.69) is 48.4 Å². The fraction of sp³-hybridized carbons (Fsp3) is 0.400. The summed E-state index contributed by atoms with van der Waals surface area (Å²) in [5, 5.41) is 4.47. The first-order valence-electron chi connectivity index (χ1n) is 6.34. The van der Waals surface area contributed by atoms with E-state index in [-0.39, 0.29) is 0 Å². The highest BCUT2D eigenvalue weighted by atomic mass is 32.1. The van der Waals surface area contributed by atoms with Gasteiger partial charge in [0.15, 0.2) is 0 Å². The maximum absolute atomic E-state index is 4.52. The van der Waals surface area contributed by atoms with Crippen molar-refractivity contribution < 1.29 is 0 Å². The number of rotatable bonds is 5. The molecule has 1 heterocycles. The van der Waals surface area contributed by atoms with Gasteiger partial charge in [-0.25, -0.2) is 4.98 Å². The maximum Gasteiger partial charge on any atom is 0.0971 e. The molecule has 0 spiro atoms. The average Bonchev–Trinajstić information content (AvgIpc) is 2.76. The topological polar surface area (TPSA) is 24.9 Å². The van der Waals surface area contributed by atoms with E-state index in [1.165, 1.54) is 21.0 Å². The maximum atomic E-state index is 4.52. The second-order valence-electron chi connectivity index (χ2n) is 4.78. The van der Waals surface area contributed by atoms with Gasteiger partial charge in [0, 0.05) is 23.5 Å². The quantitative estimate of drug-likeness (QED) is 0.893. The predicted molar refractivity (Wildman–Crippen MR) is 78.3 cm³/mol. The Morgan fingerprint density at radius 2 is 2.22 bits per heavy atom. The molecule has 3 heteroatoms. The van der Waals surface area contributed by atoms with Crippen LogP contribution in [0.5, 0.6) is 0 Å². The summed E-state index contributed by atoms with van der Waals surface area (Å²) in [7, 11) is 2.00. The SMILES string of the molecule is CNC(C)Cc1cnc(Cc2cccc(C)c2)s1. The molecule has 1 aromatic carbocycles. The number of likely N-dealkylation sites (N-methyl/N-ethyl adjacent to an activating group) is 1. The Kier molecular flexibility index (Phi) is 4.50. The summed E-state index contributed by atoms with van der Waals surface area (Å²) in [6.07, 6.45) is 4.02. The first kappa shape index (κ1) is 13.2. The van der Waals surface area contributed by atoms with E-state index in [1.54, 1.807) is 0 Å². The highest BCUT2D eigenvalue weighted by molar-refractivity contribution is 7.11. The van der Waals surface area contributed by atoms with Gasteiger partial charge in [-0.1, -0.05) is 29.8 Å². The molecule has 0 aliphatic carbocycles. The van der Waals surface area contributed by atoms with Crippen molar-refractivity contribution in [2.24, 2.45) is 0 Å². The van der Waals surface area contributed by atoms with E-state index >= 15 is 0 Å². The van der Waals surface area contributed by atoms with Gasteiger partial charge < -0.3 is 5.32 Å². The van der Waals surface area contributed by atoms with Crippen LogP contribution in [0.2, 0.25) is 0 Å². The van der Waals surface area contributed by atoms with Crippen molar-refractivity contribution >= 4 is 11.3 Å². The molecule has 0 aliphatic rings. The normalized spacial score (nSPS) is 12.6. The smallest absolute Gasteiger partial charge is 0.0971 e. The molecule has 1 unspecified atom stereocenters. The molecule has 0 saturated heterocycles. The van der Waals surface area contributed by atoms with Crippen LogP contribution in [-0.4, -0.2) is 18.1 Å². The van der Waals surface area contributed by atoms with E-state index in [9.17, 15) is 0 Å². The van der Waals surface area contributed by atoms with Crippen LogP contribution in [0.25, 0.3) is 0 Å². The lowest BCUT2D eigenvalue weighted by atomic mass is 10.1. The molecule has 96 valence electrons. The summed E-state index contributed by atoms with van der Waals surface area (Å²) in [4.78, 5) is 5.88. The van der Waals surface area contributed by atoms with Crippen molar-refractivity contribution in [1.29, 1.82) is 0 Å². The van der Waals surface area contributed by atoms with Gasteiger partial charge in [0.05, 0.1) is 5.01 Å². The van der Waals surface area contributed by atoms with Crippen molar-refractivity contribution in [2.45, 2.75) is 32.7 Å². The molecule has 0 fully saturated rings. The highest BCUT2D eigenvalue weighted by Crippen LogP contribution is 2.18. The van der Waals surface area contributed by atoms with Crippen LogP contribution >= 0.6 is 11.3 Å². The molecular weight excluding hydrogens is 240 g/mol. The third-order valence-electron chi connectivity index (χ3n) is 3.04. The Bertz CT molecular complexity index is 505. The van der Waals surface area contributed by atoms with Gasteiger partial charge in [0.1, 0.15) is 0 Å². The molecule has 0 amide bonds. The van der Waals surface area contributed by atoms with Crippen molar-refractivity contribution in [3.05, 3.63) is 51.5 Å². The minimum absolute atomic E-state index is 0.511. The second-order valence-corrected chi connectivity index (χ2v) is 5.98. The first-order valence-corrected chi connectivity index (χ1v) is 7.15. The van der Waals surface area contributed by atoms with Crippen LogP contribution in [0.4, 0.5) is 0 Å². The second kappa shape index (κ2) is 6.12. The zero-order chi connectivity index (χ0) is 13.0. The van der Waals surface area contributed by atoms with Crippen molar-refractivity contribution in [1.82, 2.24) is 10.3 Å². The number of aromatic nitrogens is 1. The largest absolute Gasteiger partial charge is 0.317 e. The summed E-state index contributed by atoms with van der Waals surface area (Å²) < 4.78 is 0. The molecule has 1 N–H and O–H groups in total. The monoisotopic (exact) mass is 260 g/mol. The summed E-state index contributed by atoms with van der Waals surface area (Å²) >= 11 is 1.83. The zero-order valence-electron chi connectivity index (χ0n) is 11.2. The summed E-state index contributed by atoms with van der Waals surface area (Å²) in [6.45, 7) is 4.32. The number of nitrogens with zero attached hydrogens (tertiary/aromatic N) is 1. The lowest BCUT2D eigenvalue weighted by molar-refractivity contribution is 0.612. The van der Waals surface area contributed by atoms with Gasteiger partial charge in [0.2, 0.25) is 0 Å². The fourth-order valence-electron chi connectivity index (χ4n) is 1.92. The number of benzene rings is 1. The molecule has 0 bridgehead atoms. The van der Waals surface area contributed by atoms with Crippen LogP contribution in [0.3, 0.4) is 0 Å². The predicted octanol–water partition coefficient (Wildman–Crippen LogP) is 3.19. The van der Waals surface area contributed by atoms with Gasteiger partial charge in [-0.05, 0) is 32.9 Å². The van der Waals surface area contributed by atoms with Crippen LogP contribution in [0.15, 0.2) is 30.5 Å². The Balaban J connectivity index is 2.02. The van der Waals surface area contributed by atoms with E-state index < -0.39 is 0 Å². The fourth-order valence-corrected chi connectivity index (χ4v) is 3.01. The van der Waals surface area contributed by atoms with E-state index in [0.717, 1.165) is 12.8 Å². The van der Waals surface area contributed by atoms with Gasteiger partial charge >= 0.3 is 0 Å². The average molecular weight is 260 g/mol. The third kappa shape index (κ3) is 3.65. The Labute approximate surface area is 113 Å². The molecule has 1 atom stereocenters. The Morgan fingerprint density at radius 3 is 2.94 bits per heavy atom. The van der Waals surface area contributed by atoms with Gasteiger partial charge in [-0.2, -0.15) is 0 Å². The van der Waals surface area contributed by atoms with Crippen LogP contribution < -0.4 is 5.32 Å². The molecule has 2 aromatic rings. The standard InChI is InChI=1S/C15H20N2S/c1-11-5-4-6-13(7-11)9-15-17-10-14(18-15)8-12(2)16-3/h4-7,10,12,16H,8-9H2,1-3H3. The number of hydrogen-bond donors (Lipinski definition) is 1. The number of thiazole rings is 1. The van der Waals surface area contributed by atoms with Gasteiger partial charge in [-0.3, -0.25) is 0 Å². The van der Waals surface area contributed by atoms with Crippen LogP contribution in [-0.2, 0) is 12.8 Å².